The fourth-order valence-electron chi connectivity index (χ4n) is 3.23. The Kier molecular flexibility index (Phi) is 6.32. The number of para-hydroxylation sites is 2. The maximum absolute atomic E-state index is 12.6. The molecule has 0 fully saturated rings. The molecule has 2 aromatic carbocycles. The molecule has 8 heteroatoms. The first-order valence-electron chi connectivity index (χ1n) is 9.55. The molecule has 156 valence electrons. The van der Waals surface area contributed by atoms with E-state index in [0.29, 0.717) is 18.0 Å². The van der Waals surface area contributed by atoms with Crippen molar-refractivity contribution in [2.75, 3.05) is 29.8 Å². The molecule has 1 amide bonds. The Labute approximate surface area is 171 Å². The number of ether oxygens (including phenoxy) is 2. The van der Waals surface area contributed by atoms with Crippen LogP contribution in [0.3, 0.4) is 0 Å². The molecule has 3 rings (SSSR count). The van der Waals surface area contributed by atoms with Crippen LogP contribution in [-0.2, 0) is 14.8 Å². The highest BCUT2D eigenvalue weighted by Gasteiger charge is 2.35. The summed E-state index contributed by atoms with van der Waals surface area (Å²) in [5, 5.41) is 2.76. The molecule has 2 aromatic rings. The highest BCUT2D eigenvalue weighted by molar-refractivity contribution is 7.92. The molecule has 0 aromatic heterocycles. The van der Waals surface area contributed by atoms with Crippen LogP contribution in [-0.4, -0.2) is 45.9 Å². The normalized spacial score (nSPS) is 16.0. The molecule has 1 atom stereocenters. The minimum Gasteiger partial charge on any atom is -0.492 e. The summed E-state index contributed by atoms with van der Waals surface area (Å²) in [4.78, 5) is 12.6. The summed E-state index contributed by atoms with van der Waals surface area (Å²) in [5.74, 6) is 0.696. The Morgan fingerprint density at radius 2 is 1.90 bits per heavy atom. The minimum absolute atomic E-state index is 0.0561. The molecule has 1 aliphatic heterocycles. The number of hydrogen-bond acceptors (Lipinski definition) is 5. The predicted octanol–water partition coefficient (Wildman–Crippen LogP) is 2.42. The molecule has 0 spiro atoms. The molecule has 1 aliphatic rings. The van der Waals surface area contributed by atoms with Gasteiger partial charge in [0.2, 0.25) is 10.0 Å². The lowest BCUT2D eigenvalue weighted by molar-refractivity contribution is -0.127. The molecule has 0 saturated heterocycles. The molecule has 0 aliphatic carbocycles. The van der Waals surface area contributed by atoms with Crippen LogP contribution in [0, 0.1) is 13.8 Å². The first-order valence-corrected chi connectivity index (χ1v) is 11.2. The van der Waals surface area contributed by atoms with Gasteiger partial charge in [0.15, 0.2) is 6.10 Å². The fourth-order valence-corrected chi connectivity index (χ4v) is 4.36. The third kappa shape index (κ3) is 5.00. The van der Waals surface area contributed by atoms with E-state index < -0.39 is 16.1 Å². The van der Waals surface area contributed by atoms with E-state index >= 15 is 0 Å². The number of benzene rings is 2. The second kappa shape index (κ2) is 8.73. The highest BCUT2D eigenvalue weighted by Crippen LogP contribution is 2.35. The van der Waals surface area contributed by atoms with E-state index in [1.165, 1.54) is 4.31 Å². The van der Waals surface area contributed by atoms with Crippen molar-refractivity contribution in [3.8, 4) is 11.5 Å². The van der Waals surface area contributed by atoms with Gasteiger partial charge in [0.1, 0.15) is 18.1 Å². The standard InChI is InChI=1S/C21H26N2O5S/c1-4-29(25,26)23-14-20(28-19-8-6-5-7-18(19)23)21(24)22-9-10-27-17-12-15(2)11-16(3)13-17/h5-8,11-13,20H,4,9-10,14H2,1-3H3,(H,22,24). The molecule has 29 heavy (non-hydrogen) atoms. The summed E-state index contributed by atoms with van der Waals surface area (Å²) in [6.45, 7) is 6.10. The lowest BCUT2D eigenvalue weighted by Crippen LogP contribution is -2.51. The number of carbonyl (C=O) groups is 1. The maximum atomic E-state index is 12.6. The van der Waals surface area contributed by atoms with E-state index in [-0.39, 0.29) is 24.7 Å². The molecular weight excluding hydrogens is 392 g/mol. The number of hydrogen-bond donors (Lipinski definition) is 1. The van der Waals surface area contributed by atoms with Gasteiger partial charge in [0.05, 0.1) is 24.5 Å². The van der Waals surface area contributed by atoms with Crippen molar-refractivity contribution in [1.29, 1.82) is 0 Å². The lowest BCUT2D eigenvalue weighted by Gasteiger charge is -2.34. The number of nitrogens with one attached hydrogen (secondary N) is 1. The Balaban J connectivity index is 1.61. The van der Waals surface area contributed by atoms with Crippen LogP contribution in [0.1, 0.15) is 18.1 Å². The predicted molar refractivity (Wildman–Crippen MR) is 112 cm³/mol. The Bertz CT molecular complexity index is 970. The molecule has 0 bridgehead atoms. The van der Waals surface area contributed by atoms with E-state index in [4.69, 9.17) is 9.47 Å². The van der Waals surface area contributed by atoms with Crippen molar-refractivity contribution in [1.82, 2.24) is 5.32 Å². The van der Waals surface area contributed by atoms with Gasteiger partial charge in [-0.25, -0.2) is 8.42 Å². The molecule has 1 unspecified atom stereocenters. The largest absolute Gasteiger partial charge is 0.492 e. The Hall–Kier alpha value is -2.74. The third-order valence-electron chi connectivity index (χ3n) is 4.59. The van der Waals surface area contributed by atoms with Crippen molar-refractivity contribution in [3.63, 3.8) is 0 Å². The van der Waals surface area contributed by atoms with Crippen molar-refractivity contribution >= 4 is 21.6 Å². The van der Waals surface area contributed by atoms with E-state index in [0.717, 1.165) is 16.9 Å². The Morgan fingerprint density at radius 3 is 2.59 bits per heavy atom. The number of rotatable bonds is 7. The van der Waals surface area contributed by atoms with Gasteiger partial charge < -0.3 is 14.8 Å². The summed E-state index contributed by atoms with van der Waals surface area (Å²) >= 11 is 0. The number of carbonyl (C=O) groups excluding carboxylic acids is 1. The van der Waals surface area contributed by atoms with E-state index in [2.05, 4.69) is 11.4 Å². The molecule has 0 saturated carbocycles. The highest BCUT2D eigenvalue weighted by atomic mass is 32.2. The third-order valence-corrected chi connectivity index (χ3v) is 6.34. The van der Waals surface area contributed by atoms with Crippen LogP contribution in [0.25, 0.3) is 0 Å². The molecule has 1 N–H and O–H groups in total. The average molecular weight is 419 g/mol. The van der Waals surface area contributed by atoms with Gasteiger partial charge in [-0.1, -0.05) is 18.2 Å². The van der Waals surface area contributed by atoms with Crippen molar-refractivity contribution < 1.29 is 22.7 Å². The van der Waals surface area contributed by atoms with Crippen LogP contribution >= 0.6 is 0 Å². The quantitative estimate of drug-likeness (QED) is 0.698. The first kappa shape index (κ1) is 21.0. The van der Waals surface area contributed by atoms with Crippen LogP contribution in [0.5, 0.6) is 11.5 Å². The van der Waals surface area contributed by atoms with Gasteiger partial charge in [0.25, 0.3) is 5.91 Å². The zero-order valence-corrected chi connectivity index (χ0v) is 17.7. The summed E-state index contributed by atoms with van der Waals surface area (Å²) in [7, 11) is -3.52. The molecular formula is C21H26N2O5S. The Morgan fingerprint density at radius 1 is 1.21 bits per heavy atom. The van der Waals surface area contributed by atoms with Crippen molar-refractivity contribution in [2.45, 2.75) is 26.9 Å². The molecule has 0 radical (unpaired) electrons. The van der Waals surface area contributed by atoms with Gasteiger partial charge >= 0.3 is 0 Å². The smallest absolute Gasteiger partial charge is 0.263 e. The van der Waals surface area contributed by atoms with Crippen LogP contribution in [0.4, 0.5) is 5.69 Å². The summed E-state index contributed by atoms with van der Waals surface area (Å²) in [6.07, 6.45) is -0.924. The summed E-state index contributed by atoms with van der Waals surface area (Å²) < 4.78 is 37.6. The second-order valence-electron chi connectivity index (χ2n) is 6.97. The summed E-state index contributed by atoms with van der Waals surface area (Å²) in [5.41, 5.74) is 2.67. The first-order chi connectivity index (χ1) is 13.8. The number of fused-ring (bicyclic) bond motifs is 1. The van der Waals surface area contributed by atoms with E-state index in [1.807, 2.05) is 26.0 Å². The second-order valence-corrected chi connectivity index (χ2v) is 9.15. The van der Waals surface area contributed by atoms with Gasteiger partial charge in [-0.15, -0.1) is 0 Å². The zero-order valence-electron chi connectivity index (χ0n) is 16.8. The molecule has 1 heterocycles. The van der Waals surface area contributed by atoms with Crippen molar-refractivity contribution in [3.05, 3.63) is 53.6 Å². The number of anilines is 1. The summed E-state index contributed by atoms with van der Waals surface area (Å²) in [6, 6.07) is 12.7. The van der Waals surface area contributed by atoms with Crippen LogP contribution in [0.15, 0.2) is 42.5 Å². The van der Waals surface area contributed by atoms with E-state index in [9.17, 15) is 13.2 Å². The zero-order chi connectivity index (χ0) is 21.0. The monoisotopic (exact) mass is 418 g/mol. The number of sulfonamides is 1. The van der Waals surface area contributed by atoms with Gasteiger partial charge in [-0.2, -0.15) is 0 Å². The van der Waals surface area contributed by atoms with Crippen LogP contribution in [0.2, 0.25) is 0 Å². The number of nitrogens with zero attached hydrogens (tertiary/aromatic N) is 1. The number of aryl methyl sites for hydroxylation is 2. The SMILES string of the molecule is CCS(=O)(=O)N1CC(C(=O)NCCOc2cc(C)cc(C)c2)Oc2ccccc21. The van der Waals surface area contributed by atoms with Crippen molar-refractivity contribution in [2.24, 2.45) is 0 Å². The van der Waals surface area contributed by atoms with Gasteiger partial charge in [-0.05, 0) is 56.2 Å². The van der Waals surface area contributed by atoms with Crippen LogP contribution < -0.4 is 19.1 Å². The van der Waals surface area contributed by atoms with E-state index in [1.54, 1.807) is 31.2 Å². The number of amides is 1. The minimum atomic E-state index is -3.52. The molecule has 7 nitrogen and oxygen atoms in total. The van der Waals surface area contributed by atoms with Gasteiger partial charge in [0, 0.05) is 0 Å². The van der Waals surface area contributed by atoms with Gasteiger partial charge in [-0.3, -0.25) is 9.10 Å². The lowest BCUT2D eigenvalue weighted by atomic mass is 10.1. The fraction of sp³-hybridized carbons (Fsp3) is 0.381. The topological polar surface area (TPSA) is 84.9 Å². The maximum Gasteiger partial charge on any atom is 0.263 e. The average Bonchev–Trinajstić information content (AvgIpc) is 2.69.